The van der Waals surface area contributed by atoms with Gasteiger partial charge in [-0.25, -0.2) is 14.4 Å². The average Bonchev–Trinajstić information content (AvgIpc) is 2.26. The third-order valence-electron chi connectivity index (χ3n) is 2.18. The first-order valence-electron chi connectivity index (χ1n) is 5.00. The number of hydrogen-bond donors (Lipinski definition) is 1. The van der Waals surface area contributed by atoms with Gasteiger partial charge in [-0.2, -0.15) is 0 Å². The molecule has 16 heavy (non-hydrogen) atoms. The Morgan fingerprint density at radius 2 is 2.19 bits per heavy atom. The summed E-state index contributed by atoms with van der Waals surface area (Å²) in [4.78, 5) is 8.18. The molecule has 1 aromatic carbocycles. The van der Waals surface area contributed by atoms with Crippen LogP contribution >= 0.6 is 0 Å². The zero-order valence-corrected chi connectivity index (χ0v) is 8.90. The predicted octanol–water partition coefficient (Wildman–Crippen LogP) is 1.89. The molecule has 2 rings (SSSR count). The number of hydrogen-bond acceptors (Lipinski definition) is 4. The molecular formula is C11H12FN3O. The van der Waals surface area contributed by atoms with Crippen LogP contribution in [-0.4, -0.2) is 16.6 Å². The second kappa shape index (κ2) is 4.40. The molecule has 0 aliphatic heterocycles. The minimum atomic E-state index is -0.405. The van der Waals surface area contributed by atoms with E-state index in [1.165, 1.54) is 6.07 Å². The Bertz CT molecular complexity index is 516. The topological polar surface area (TPSA) is 61.0 Å². The lowest BCUT2D eigenvalue weighted by molar-refractivity contribution is 0.128. The van der Waals surface area contributed by atoms with Gasteiger partial charge in [0, 0.05) is 6.61 Å². The van der Waals surface area contributed by atoms with Crippen molar-refractivity contribution in [2.45, 2.75) is 13.5 Å². The second-order valence-electron chi connectivity index (χ2n) is 3.30. The molecular weight excluding hydrogens is 209 g/mol. The molecule has 0 atom stereocenters. The minimum Gasteiger partial charge on any atom is -0.383 e. The van der Waals surface area contributed by atoms with Crippen LogP contribution in [0.4, 0.5) is 10.2 Å². The molecule has 0 spiro atoms. The molecule has 4 nitrogen and oxygen atoms in total. The van der Waals surface area contributed by atoms with Gasteiger partial charge in [-0.1, -0.05) is 6.07 Å². The van der Waals surface area contributed by atoms with E-state index in [-0.39, 0.29) is 17.8 Å². The van der Waals surface area contributed by atoms with Crippen molar-refractivity contribution in [2.75, 3.05) is 12.3 Å². The van der Waals surface area contributed by atoms with E-state index in [0.29, 0.717) is 17.9 Å². The van der Waals surface area contributed by atoms with E-state index in [4.69, 9.17) is 10.5 Å². The molecule has 0 bridgehead atoms. The Morgan fingerprint density at radius 3 is 2.94 bits per heavy atom. The summed E-state index contributed by atoms with van der Waals surface area (Å²) in [6.07, 6.45) is 0. The first-order valence-corrected chi connectivity index (χ1v) is 5.00. The molecule has 0 radical (unpaired) electrons. The Kier molecular flexibility index (Phi) is 2.96. The third kappa shape index (κ3) is 1.94. The SMILES string of the molecule is CCOCc1nc(N)c2c(F)cccc2n1. The maximum Gasteiger partial charge on any atom is 0.157 e. The smallest absolute Gasteiger partial charge is 0.157 e. The van der Waals surface area contributed by atoms with Crippen molar-refractivity contribution in [2.24, 2.45) is 0 Å². The van der Waals surface area contributed by atoms with E-state index >= 15 is 0 Å². The zero-order valence-electron chi connectivity index (χ0n) is 8.90. The van der Waals surface area contributed by atoms with Gasteiger partial charge < -0.3 is 10.5 Å². The van der Waals surface area contributed by atoms with Crippen molar-refractivity contribution in [3.63, 3.8) is 0 Å². The normalized spacial score (nSPS) is 10.9. The Hall–Kier alpha value is -1.75. The summed E-state index contributed by atoms with van der Waals surface area (Å²) in [5.74, 6) is 0.216. The maximum atomic E-state index is 13.4. The Labute approximate surface area is 92.3 Å². The summed E-state index contributed by atoms with van der Waals surface area (Å²) in [6.45, 7) is 2.74. The van der Waals surface area contributed by atoms with Crippen molar-refractivity contribution < 1.29 is 9.13 Å². The predicted molar refractivity (Wildman–Crippen MR) is 59.2 cm³/mol. The van der Waals surface area contributed by atoms with Gasteiger partial charge in [0.05, 0.1) is 10.9 Å². The first kappa shape index (κ1) is 10.8. The van der Waals surface area contributed by atoms with Crippen molar-refractivity contribution in [3.8, 4) is 0 Å². The standard InChI is InChI=1S/C11H12FN3O/c1-2-16-6-9-14-8-5-3-4-7(12)10(8)11(13)15-9/h3-5H,2,6H2,1H3,(H2,13,14,15). The van der Waals surface area contributed by atoms with Crippen LogP contribution in [0.25, 0.3) is 10.9 Å². The Morgan fingerprint density at radius 1 is 1.38 bits per heavy atom. The fourth-order valence-corrected chi connectivity index (χ4v) is 1.48. The van der Waals surface area contributed by atoms with Crippen LogP contribution < -0.4 is 5.73 Å². The van der Waals surface area contributed by atoms with Crippen molar-refractivity contribution >= 4 is 16.7 Å². The van der Waals surface area contributed by atoms with Crippen LogP contribution in [0.15, 0.2) is 18.2 Å². The molecule has 1 aromatic heterocycles. The van der Waals surface area contributed by atoms with E-state index < -0.39 is 5.82 Å². The molecule has 0 aliphatic rings. The number of anilines is 1. The number of nitrogen functional groups attached to an aromatic ring is 1. The summed E-state index contributed by atoms with van der Waals surface area (Å²) < 4.78 is 18.6. The summed E-state index contributed by atoms with van der Waals surface area (Å²) in [5.41, 5.74) is 6.18. The largest absolute Gasteiger partial charge is 0.383 e. The highest BCUT2D eigenvalue weighted by Crippen LogP contribution is 2.21. The quantitative estimate of drug-likeness (QED) is 0.859. The van der Waals surface area contributed by atoms with Crippen LogP contribution in [0.1, 0.15) is 12.7 Å². The summed E-state index contributed by atoms with van der Waals surface area (Å²) in [7, 11) is 0. The van der Waals surface area contributed by atoms with E-state index in [1.54, 1.807) is 12.1 Å². The summed E-state index contributed by atoms with van der Waals surface area (Å²) >= 11 is 0. The van der Waals surface area contributed by atoms with Crippen LogP contribution in [0.3, 0.4) is 0 Å². The molecule has 2 aromatic rings. The van der Waals surface area contributed by atoms with Crippen LogP contribution in [0.2, 0.25) is 0 Å². The molecule has 0 saturated heterocycles. The molecule has 0 unspecified atom stereocenters. The molecule has 0 saturated carbocycles. The van der Waals surface area contributed by atoms with Gasteiger partial charge in [0.15, 0.2) is 5.82 Å². The Balaban J connectivity index is 2.51. The molecule has 5 heteroatoms. The first-order chi connectivity index (χ1) is 7.72. The van der Waals surface area contributed by atoms with E-state index in [0.717, 1.165) is 0 Å². The van der Waals surface area contributed by atoms with Gasteiger partial charge in [0.25, 0.3) is 0 Å². The zero-order chi connectivity index (χ0) is 11.5. The number of halogens is 1. The number of ether oxygens (including phenoxy) is 1. The average molecular weight is 221 g/mol. The molecule has 0 aliphatic carbocycles. The number of nitrogens with two attached hydrogens (primary N) is 1. The summed E-state index contributed by atoms with van der Waals surface area (Å²) in [5, 5.41) is 0.266. The molecule has 0 amide bonds. The van der Waals surface area contributed by atoms with Crippen molar-refractivity contribution in [1.29, 1.82) is 0 Å². The van der Waals surface area contributed by atoms with Crippen LogP contribution in [0.5, 0.6) is 0 Å². The molecule has 1 heterocycles. The molecule has 2 N–H and O–H groups in total. The van der Waals surface area contributed by atoms with E-state index in [9.17, 15) is 4.39 Å². The summed E-state index contributed by atoms with van der Waals surface area (Å²) in [6, 6.07) is 4.63. The number of benzene rings is 1. The second-order valence-corrected chi connectivity index (χ2v) is 3.30. The van der Waals surface area contributed by atoms with Gasteiger partial charge in [-0.15, -0.1) is 0 Å². The van der Waals surface area contributed by atoms with E-state index in [1.807, 2.05) is 6.92 Å². The maximum absolute atomic E-state index is 13.4. The monoisotopic (exact) mass is 221 g/mol. The van der Waals surface area contributed by atoms with E-state index in [2.05, 4.69) is 9.97 Å². The van der Waals surface area contributed by atoms with Gasteiger partial charge in [-0.05, 0) is 19.1 Å². The van der Waals surface area contributed by atoms with Gasteiger partial charge >= 0.3 is 0 Å². The van der Waals surface area contributed by atoms with Gasteiger partial charge in [-0.3, -0.25) is 0 Å². The fraction of sp³-hybridized carbons (Fsp3) is 0.273. The number of nitrogens with zero attached hydrogens (tertiary/aromatic N) is 2. The highest BCUT2D eigenvalue weighted by molar-refractivity contribution is 5.88. The fourth-order valence-electron chi connectivity index (χ4n) is 1.48. The van der Waals surface area contributed by atoms with Gasteiger partial charge in [0.1, 0.15) is 18.2 Å². The van der Waals surface area contributed by atoms with Crippen molar-refractivity contribution in [3.05, 3.63) is 29.8 Å². The number of aromatic nitrogens is 2. The van der Waals surface area contributed by atoms with Crippen LogP contribution in [0, 0.1) is 5.82 Å². The van der Waals surface area contributed by atoms with Crippen LogP contribution in [-0.2, 0) is 11.3 Å². The number of fused-ring (bicyclic) bond motifs is 1. The number of rotatable bonds is 3. The van der Waals surface area contributed by atoms with Gasteiger partial charge in [0.2, 0.25) is 0 Å². The molecule has 84 valence electrons. The third-order valence-corrected chi connectivity index (χ3v) is 2.18. The lowest BCUT2D eigenvalue weighted by Gasteiger charge is -2.05. The minimum absolute atomic E-state index is 0.151. The highest BCUT2D eigenvalue weighted by atomic mass is 19.1. The lowest BCUT2D eigenvalue weighted by Crippen LogP contribution is -2.04. The molecule has 0 fully saturated rings. The highest BCUT2D eigenvalue weighted by Gasteiger charge is 2.08. The van der Waals surface area contributed by atoms with Crippen molar-refractivity contribution in [1.82, 2.24) is 9.97 Å². The lowest BCUT2D eigenvalue weighted by atomic mass is 10.2.